The molecule has 2 atom stereocenters. The Balaban J connectivity index is 1.55. The van der Waals surface area contributed by atoms with E-state index in [0.29, 0.717) is 34.0 Å². The van der Waals surface area contributed by atoms with Gasteiger partial charge in [0, 0.05) is 60.8 Å². The molecule has 1 aliphatic heterocycles. The summed E-state index contributed by atoms with van der Waals surface area (Å²) in [7, 11) is 4.02. The molecular formula is C23H25ClN6O. The van der Waals surface area contributed by atoms with E-state index in [4.69, 9.17) is 16.6 Å². The fourth-order valence-electron chi connectivity index (χ4n) is 4.37. The molecule has 0 unspecified atom stereocenters. The first-order chi connectivity index (χ1) is 14.8. The number of anilines is 1. The van der Waals surface area contributed by atoms with E-state index in [2.05, 4.69) is 46.8 Å². The van der Waals surface area contributed by atoms with Gasteiger partial charge in [-0.3, -0.25) is 9.58 Å². The molecule has 1 aliphatic rings. The van der Waals surface area contributed by atoms with Crippen LogP contribution in [0.2, 0.25) is 5.02 Å². The highest BCUT2D eigenvalue weighted by Gasteiger charge is 2.27. The molecule has 0 radical (unpaired) electrons. The van der Waals surface area contributed by atoms with Crippen LogP contribution in [0.1, 0.15) is 13.8 Å². The van der Waals surface area contributed by atoms with Gasteiger partial charge in [0.25, 0.3) is 0 Å². The number of pyridine rings is 2. The van der Waals surface area contributed by atoms with Gasteiger partial charge in [-0.25, -0.2) is 9.97 Å². The Kier molecular flexibility index (Phi) is 4.75. The van der Waals surface area contributed by atoms with Gasteiger partial charge in [-0.15, -0.1) is 0 Å². The molecule has 0 saturated carbocycles. The van der Waals surface area contributed by atoms with Crippen LogP contribution in [0.15, 0.2) is 36.7 Å². The maximum Gasteiger partial charge on any atom is 0.161 e. The molecule has 1 fully saturated rings. The number of fused-ring (bicyclic) bond motifs is 2. The third kappa shape index (κ3) is 3.47. The van der Waals surface area contributed by atoms with Gasteiger partial charge in [0.1, 0.15) is 5.75 Å². The second kappa shape index (κ2) is 7.35. The molecule has 4 heterocycles. The summed E-state index contributed by atoms with van der Waals surface area (Å²) < 4.78 is 1.72. The predicted molar refractivity (Wildman–Crippen MR) is 125 cm³/mol. The standard InChI is InChI=1S/C23H25ClN6O/c1-13-10-30(11-14(2)29(13)4)16-6-17-19(24)7-21(26-23(17)25-9-16)18-5-15-12-28(3)27-20(15)8-22(18)31/h5-9,12-14,31H,10-11H2,1-4H3/t13-,14-/m0/s1. The van der Waals surface area contributed by atoms with Crippen LogP contribution in [-0.4, -0.2) is 62.0 Å². The third-order valence-electron chi connectivity index (χ3n) is 6.34. The van der Waals surface area contributed by atoms with Crippen molar-refractivity contribution in [3.05, 3.63) is 41.7 Å². The molecule has 0 amide bonds. The molecule has 7 nitrogen and oxygen atoms in total. The van der Waals surface area contributed by atoms with Crippen LogP contribution in [0.5, 0.6) is 5.75 Å². The summed E-state index contributed by atoms with van der Waals surface area (Å²) in [6, 6.07) is 8.31. The van der Waals surface area contributed by atoms with E-state index >= 15 is 0 Å². The SMILES string of the molecule is C[C@H]1CN(c2cnc3nc(-c4cc5cn(C)nc5cc4O)cc(Cl)c3c2)C[C@H](C)N1C. The minimum Gasteiger partial charge on any atom is -0.507 e. The van der Waals surface area contributed by atoms with Crippen molar-refractivity contribution in [3.8, 4) is 17.0 Å². The van der Waals surface area contributed by atoms with Crippen LogP contribution in [0.25, 0.3) is 33.2 Å². The van der Waals surface area contributed by atoms with Crippen LogP contribution < -0.4 is 4.90 Å². The third-order valence-corrected chi connectivity index (χ3v) is 6.65. The number of piperazine rings is 1. The smallest absolute Gasteiger partial charge is 0.161 e. The van der Waals surface area contributed by atoms with Crippen LogP contribution in [0, 0.1) is 0 Å². The molecule has 160 valence electrons. The van der Waals surface area contributed by atoms with Crippen LogP contribution in [0.3, 0.4) is 0 Å². The highest BCUT2D eigenvalue weighted by molar-refractivity contribution is 6.35. The number of likely N-dealkylation sites (N-methyl/N-ethyl adjacent to an activating group) is 1. The summed E-state index contributed by atoms with van der Waals surface area (Å²) in [6.45, 7) is 6.36. The number of aromatic nitrogens is 4. The van der Waals surface area contributed by atoms with Crippen molar-refractivity contribution in [1.82, 2.24) is 24.6 Å². The lowest BCUT2D eigenvalue weighted by molar-refractivity contribution is 0.170. The van der Waals surface area contributed by atoms with E-state index in [-0.39, 0.29) is 5.75 Å². The van der Waals surface area contributed by atoms with E-state index in [1.54, 1.807) is 16.8 Å². The number of aromatic hydroxyl groups is 1. The van der Waals surface area contributed by atoms with Crippen molar-refractivity contribution in [2.24, 2.45) is 7.05 Å². The van der Waals surface area contributed by atoms with Crippen LogP contribution >= 0.6 is 11.6 Å². The van der Waals surface area contributed by atoms with Crippen molar-refractivity contribution in [2.75, 3.05) is 25.0 Å². The monoisotopic (exact) mass is 436 g/mol. The summed E-state index contributed by atoms with van der Waals surface area (Å²) in [6.07, 6.45) is 3.77. The minimum atomic E-state index is 0.117. The number of hydrogen-bond donors (Lipinski definition) is 1. The Bertz CT molecular complexity index is 1290. The lowest BCUT2D eigenvalue weighted by atomic mass is 10.1. The molecule has 4 aromatic rings. The largest absolute Gasteiger partial charge is 0.507 e. The van der Waals surface area contributed by atoms with E-state index in [1.165, 1.54) is 0 Å². The van der Waals surface area contributed by atoms with Crippen molar-refractivity contribution < 1.29 is 5.11 Å². The number of phenolic OH excluding ortho intramolecular Hbond substituents is 1. The Hall–Kier alpha value is -2.90. The zero-order chi connectivity index (χ0) is 21.9. The summed E-state index contributed by atoms with van der Waals surface area (Å²) in [5.41, 5.74) is 3.54. The van der Waals surface area contributed by atoms with Gasteiger partial charge in [-0.2, -0.15) is 5.10 Å². The maximum absolute atomic E-state index is 10.6. The first-order valence-corrected chi connectivity index (χ1v) is 10.8. The number of aryl methyl sites for hydroxylation is 1. The minimum absolute atomic E-state index is 0.117. The summed E-state index contributed by atoms with van der Waals surface area (Å²) in [5, 5.41) is 17.2. The molecule has 31 heavy (non-hydrogen) atoms. The second-order valence-corrected chi connectivity index (χ2v) is 8.96. The highest BCUT2D eigenvalue weighted by atomic mass is 35.5. The van der Waals surface area contributed by atoms with Crippen molar-refractivity contribution in [1.29, 1.82) is 0 Å². The van der Waals surface area contributed by atoms with Gasteiger partial charge >= 0.3 is 0 Å². The molecule has 0 spiro atoms. The molecule has 3 aromatic heterocycles. The van der Waals surface area contributed by atoms with E-state index < -0.39 is 0 Å². The number of nitrogens with zero attached hydrogens (tertiary/aromatic N) is 6. The second-order valence-electron chi connectivity index (χ2n) is 8.55. The molecule has 8 heteroatoms. The highest BCUT2D eigenvalue weighted by Crippen LogP contribution is 2.36. The predicted octanol–water partition coefficient (Wildman–Crippen LogP) is 4.07. The molecule has 1 saturated heterocycles. The quantitative estimate of drug-likeness (QED) is 0.510. The topological polar surface area (TPSA) is 70.3 Å². The van der Waals surface area contributed by atoms with Gasteiger partial charge in [-0.1, -0.05) is 11.6 Å². The van der Waals surface area contributed by atoms with Crippen molar-refractivity contribution in [2.45, 2.75) is 25.9 Å². The zero-order valence-electron chi connectivity index (χ0n) is 18.0. The fraction of sp³-hybridized carbons (Fsp3) is 0.348. The molecular weight excluding hydrogens is 412 g/mol. The van der Waals surface area contributed by atoms with E-state index in [1.807, 2.05) is 25.5 Å². The average molecular weight is 437 g/mol. The normalized spacial score (nSPS) is 20.1. The summed E-state index contributed by atoms with van der Waals surface area (Å²) >= 11 is 6.67. The molecule has 0 aliphatic carbocycles. The van der Waals surface area contributed by atoms with Gasteiger partial charge in [0.05, 0.1) is 28.1 Å². The number of phenols is 1. The van der Waals surface area contributed by atoms with Crippen LogP contribution in [-0.2, 0) is 7.05 Å². The molecule has 5 rings (SSSR count). The van der Waals surface area contributed by atoms with Gasteiger partial charge < -0.3 is 10.0 Å². The van der Waals surface area contributed by atoms with Gasteiger partial charge in [-0.05, 0) is 39.1 Å². The van der Waals surface area contributed by atoms with E-state index in [9.17, 15) is 5.11 Å². The van der Waals surface area contributed by atoms with E-state index in [0.717, 1.165) is 35.1 Å². The fourth-order valence-corrected chi connectivity index (χ4v) is 4.61. The van der Waals surface area contributed by atoms with Crippen molar-refractivity contribution >= 4 is 39.2 Å². The molecule has 1 N–H and O–H groups in total. The Labute approximate surface area is 185 Å². The molecule has 0 bridgehead atoms. The number of hydrogen-bond acceptors (Lipinski definition) is 6. The number of halogens is 1. The lowest BCUT2D eigenvalue weighted by Crippen LogP contribution is -2.55. The summed E-state index contributed by atoms with van der Waals surface area (Å²) in [4.78, 5) is 14.1. The maximum atomic E-state index is 10.6. The average Bonchev–Trinajstić information content (AvgIpc) is 3.09. The Morgan fingerprint density at radius 1 is 1.06 bits per heavy atom. The zero-order valence-corrected chi connectivity index (χ0v) is 18.8. The first kappa shape index (κ1) is 20.0. The molecule has 1 aromatic carbocycles. The van der Waals surface area contributed by atoms with Gasteiger partial charge in [0.2, 0.25) is 0 Å². The number of benzene rings is 1. The first-order valence-electron chi connectivity index (χ1n) is 10.4. The lowest BCUT2D eigenvalue weighted by Gasteiger charge is -2.43. The van der Waals surface area contributed by atoms with Gasteiger partial charge in [0.15, 0.2) is 5.65 Å². The number of rotatable bonds is 2. The van der Waals surface area contributed by atoms with Crippen LogP contribution in [0.4, 0.5) is 5.69 Å². The Morgan fingerprint density at radius 2 is 1.81 bits per heavy atom. The Morgan fingerprint density at radius 3 is 2.55 bits per heavy atom. The van der Waals surface area contributed by atoms with Crippen molar-refractivity contribution in [3.63, 3.8) is 0 Å². The summed E-state index contributed by atoms with van der Waals surface area (Å²) in [5.74, 6) is 0.117.